The Balaban J connectivity index is 1.96. The zero-order chi connectivity index (χ0) is 12.1. The van der Waals surface area contributed by atoms with Crippen LogP contribution in [-0.2, 0) is 4.79 Å². The highest BCUT2D eigenvalue weighted by molar-refractivity contribution is 5.74. The smallest absolute Gasteiger partial charge is 0.315 e. The number of hydrogen-bond donors (Lipinski definition) is 1. The molecule has 5 heteroatoms. The van der Waals surface area contributed by atoms with E-state index < -0.39 is 0 Å². The van der Waals surface area contributed by atoms with Crippen LogP contribution in [0.15, 0.2) is 18.3 Å². The van der Waals surface area contributed by atoms with Gasteiger partial charge in [0.1, 0.15) is 5.75 Å². The number of rotatable bonds is 3. The molecule has 5 nitrogen and oxygen atoms in total. The molecule has 0 radical (unpaired) electrons. The van der Waals surface area contributed by atoms with Gasteiger partial charge in [0.05, 0.1) is 13.0 Å². The lowest BCUT2D eigenvalue weighted by Crippen LogP contribution is -2.33. The largest absolute Gasteiger partial charge is 0.497 e. The number of ether oxygens (including phenoxy) is 2. The van der Waals surface area contributed by atoms with Gasteiger partial charge >= 0.3 is 5.97 Å². The Morgan fingerprint density at radius 1 is 1.47 bits per heavy atom. The number of hydrogen-bond acceptors (Lipinski definition) is 5. The molecule has 92 valence electrons. The number of carbonyl (C=O) groups is 1. The summed E-state index contributed by atoms with van der Waals surface area (Å²) in [5.41, 5.74) is 0. The van der Waals surface area contributed by atoms with Crippen LogP contribution in [0.4, 0.5) is 0 Å². The minimum Gasteiger partial charge on any atom is -0.497 e. The van der Waals surface area contributed by atoms with Gasteiger partial charge in [0.2, 0.25) is 5.88 Å². The molecule has 2 rings (SSSR count). The normalized spacial score (nSPS) is 16.5. The van der Waals surface area contributed by atoms with E-state index in [9.17, 15) is 4.79 Å². The van der Waals surface area contributed by atoms with Crippen molar-refractivity contribution in [2.45, 2.75) is 12.8 Å². The molecule has 1 saturated heterocycles. The van der Waals surface area contributed by atoms with E-state index in [-0.39, 0.29) is 11.9 Å². The van der Waals surface area contributed by atoms with Crippen molar-refractivity contribution in [2.75, 3.05) is 20.2 Å². The Morgan fingerprint density at radius 2 is 2.24 bits per heavy atom. The lowest BCUT2D eigenvalue weighted by Gasteiger charge is -2.20. The Bertz CT molecular complexity index is 389. The predicted octanol–water partition coefficient (Wildman–Crippen LogP) is 0.995. The van der Waals surface area contributed by atoms with Gasteiger partial charge in [-0.3, -0.25) is 4.79 Å². The molecule has 1 aliphatic rings. The topological polar surface area (TPSA) is 60.5 Å². The van der Waals surface area contributed by atoms with Crippen LogP contribution < -0.4 is 14.8 Å². The summed E-state index contributed by atoms with van der Waals surface area (Å²) in [6.45, 7) is 1.73. The molecular weight excluding hydrogens is 220 g/mol. The molecule has 0 saturated carbocycles. The van der Waals surface area contributed by atoms with Gasteiger partial charge in [0.25, 0.3) is 0 Å². The summed E-state index contributed by atoms with van der Waals surface area (Å²) in [6.07, 6.45) is 3.20. The van der Waals surface area contributed by atoms with Gasteiger partial charge in [0.15, 0.2) is 0 Å². The van der Waals surface area contributed by atoms with Gasteiger partial charge in [-0.15, -0.1) is 0 Å². The van der Waals surface area contributed by atoms with Gasteiger partial charge < -0.3 is 14.8 Å². The second kappa shape index (κ2) is 5.63. The molecule has 2 heterocycles. The molecular formula is C12H16N2O3. The standard InChI is InChI=1S/C12H16N2O3/c1-16-10-4-7-14-11(8-10)17-12(15)9-2-5-13-6-3-9/h4,7-9,13H,2-3,5-6H2,1H3. The van der Waals surface area contributed by atoms with Crippen molar-refractivity contribution < 1.29 is 14.3 Å². The van der Waals surface area contributed by atoms with Gasteiger partial charge in [-0.25, -0.2) is 4.98 Å². The van der Waals surface area contributed by atoms with Crippen LogP contribution >= 0.6 is 0 Å². The number of piperidine rings is 1. The van der Waals surface area contributed by atoms with E-state index >= 15 is 0 Å². The maximum Gasteiger partial charge on any atom is 0.315 e. The van der Waals surface area contributed by atoms with Gasteiger partial charge in [-0.2, -0.15) is 0 Å². The third-order valence-electron chi connectivity index (χ3n) is 2.82. The molecule has 0 unspecified atom stereocenters. The van der Waals surface area contributed by atoms with Crippen molar-refractivity contribution in [2.24, 2.45) is 5.92 Å². The van der Waals surface area contributed by atoms with Crippen LogP contribution in [0.3, 0.4) is 0 Å². The molecule has 0 bridgehead atoms. The number of carbonyl (C=O) groups excluding carboxylic acids is 1. The highest BCUT2D eigenvalue weighted by Gasteiger charge is 2.23. The second-order valence-electron chi connectivity index (χ2n) is 3.98. The first-order valence-electron chi connectivity index (χ1n) is 5.72. The summed E-state index contributed by atoms with van der Waals surface area (Å²) in [5.74, 6) is 0.706. The molecule has 1 aromatic rings. The highest BCUT2D eigenvalue weighted by Crippen LogP contribution is 2.19. The van der Waals surface area contributed by atoms with E-state index in [4.69, 9.17) is 9.47 Å². The van der Waals surface area contributed by atoms with Crippen molar-refractivity contribution in [3.63, 3.8) is 0 Å². The van der Waals surface area contributed by atoms with Crippen LogP contribution in [0.2, 0.25) is 0 Å². The third-order valence-corrected chi connectivity index (χ3v) is 2.82. The lowest BCUT2D eigenvalue weighted by atomic mass is 9.99. The van der Waals surface area contributed by atoms with Crippen molar-refractivity contribution in [3.05, 3.63) is 18.3 Å². The Hall–Kier alpha value is -1.62. The van der Waals surface area contributed by atoms with Crippen LogP contribution in [0.1, 0.15) is 12.8 Å². The van der Waals surface area contributed by atoms with E-state index in [1.54, 1.807) is 25.4 Å². The summed E-state index contributed by atoms with van der Waals surface area (Å²) in [4.78, 5) is 15.8. The fourth-order valence-electron chi connectivity index (χ4n) is 1.82. The monoisotopic (exact) mass is 236 g/mol. The minimum absolute atomic E-state index is 0.0238. The second-order valence-corrected chi connectivity index (χ2v) is 3.98. The van der Waals surface area contributed by atoms with Crippen molar-refractivity contribution in [3.8, 4) is 11.6 Å². The first-order valence-corrected chi connectivity index (χ1v) is 5.72. The van der Waals surface area contributed by atoms with Crippen molar-refractivity contribution in [1.82, 2.24) is 10.3 Å². The van der Waals surface area contributed by atoms with E-state index in [1.165, 1.54) is 0 Å². The maximum absolute atomic E-state index is 11.8. The van der Waals surface area contributed by atoms with Gasteiger partial charge in [0, 0.05) is 12.3 Å². The molecule has 1 N–H and O–H groups in total. The fourth-order valence-corrected chi connectivity index (χ4v) is 1.82. The highest BCUT2D eigenvalue weighted by atomic mass is 16.5. The summed E-state index contributed by atoms with van der Waals surface area (Å²) in [6, 6.07) is 3.32. The Labute approximate surface area is 100 Å². The van der Waals surface area contributed by atoms with Crippen LogP contribution in [0.25, 0.3) is 0 Å². The molecule has 1 aromatic heterocycles. The molecule has 0 spiro atoms. The molecule has 0 atom stereocenters. The predicted molar refractivity (Wildman–Crippen MR) is 62.0 cm³/mol. The summed E-state index contributed by atoms with van der Waals surface area (Å²) in [5, 5.41) is 3.21. The SMILES string of the molecule is COc1ccnc(OC(=O)C2CCNCC2)c1. The molecule has 1 fully saturated rings. The van der Waals surface area contributed by atoms with E-state index in [1.807, 2.05) is 0 Å². The molecule has 0 aliphatic carbocycles. The summed E-state index contributed by atoms with van der Waals surface area (Å²) in [7, 11) is 1.56. The van der Waals surface area contributed by atoms with E-state index in [0.717, 1.165) is 25.9 Å². The summed E-state index contributed by atoms with van der Waals surface area (Å²) < 4.78 is 10.3. The number of esters is 1. The first-order chi connectivity index (χ1) is 8.29. The minimum atomic E-state index is -0.202. The summed E-state index contributed by atoms with van der Waals surface area (Å²) >= 11 is 0. The maximum atomic E-state index is 11.8. The molecule has 0 amide bonds. The number of aromatic nitrogens is 1. The average Bonchev–Trinajstić information content (AvgIpc) is 2.40. The van der Waals surface area contributed by atoms with Crippen molar-refractivity contribution in [1.29, 1.82) is 0 Å². The Morgan fingerprint density at radius 3 is 2.94 bits per heavy atom. The van der Waals surface area contributed by atoms with E-state index in [0.29, 0.717) is 11.6 Å². The number of methoxy groups -OCH3 is 1. The van der Waals surface area contributed by atoms with E-state index in [2.05, 4.69) is 10.3 Å². The number of nitrogens with zero attached hydrogens (tertiary/aromatic N) is 1. The fraction of sp³-hybridized carbons (Fsp3) is 0.500. The Kier molecular flexibility index (Phi) is 3.93. The number of pyridine rings is 1. The zero-order valence-electron chi connectivity index (χ0n) is 9.81. The van der Waals surface area contributed by atoms with Crippen LogP contribution in [0.5, 0.6) is 11.6 Å². The van der Waals surface area contributed by atoms with Gasteiger partial charge in [-0.1, -0.05) is 0 Å². The lowest BCUT2D eigenvalue weighted by molar-refractivity contribution is -0.140. The molecule has 0 aromatic carbocycles. The number of nitrogens with one attached hydrogen (secondary N) is 1. The average molecular weight is 236 g/mol. The molecule has 1 aliphatic heterocycles. The first kappa shape index (κ1) is 11.9. The molecule has 17 heavy (non-hydrogen) atoms. The van der Waals surface area contributed by atoms with Crippen molar-refractivity contribution >= 4 is 5.97 Å². The van der Waals surface area contributed by atoms with Crippen LogP contribution in [0, 0.1) is 5.92 Å². The van der Waals surface area contributed by atoms with Crippen LogP contribution in [-0.4, -0.2) is 31.2 Å². The third kappa shape index (κ3) is 3.17. The zero-order valence-corrected chi connectivity index (χ0v) is 9.81. The van der Waals surface area contributed by atoms with Gasteiger partial charge in [-0.05, 0) is 32.0 Å². The quantitative estimate of drug-likeness (QED) is 0.793.